The van der Waals surface area contributed by atoms with Crippen LogP contribution in [0.1, 0.15) is 45.4 Å². The summed E-state index contributed by atoms with van der Waals surface area (Å²) in [5.41, 5.74) is 0. The molecule has 0 aromatic carbocycles. The van der Waals surface area contributed by atoms with Gasteiger partial charge in [0.1, 0.15) is 6.17 Å². The predicted octanol–water partition coefficient (Wildman–Crippen LogP) is 2.66. The monoisotopic (exact) mass is 240 g/mol. The Morgan fingerprint density at radius 2 is 1.87 bits per heavy atom. The van der Waals surface area contributed by atoms with Gasteiger partial charge in [-0.25, -0.2) is 4.39 Å². The Kier molecular flexibility index (Phi) is 7.96. The largest absolute Gasteiger partial charge is 0.270 e. The van der Waals surface area contributed by atoms with E-state index in [4.69, 9.17) is 0 Å². The topological polar surface area (TPSA) is 43.4 Å². The minimum absolute atomic E-state index is 0.0478. The molecule has 0 bridgehead atoms. The van der Waals surface area contributed by atoms with Crippen LogP contribution in [-0.2, 0) is 14.3 Å². The Morgan fingerprint density at radius 1 is 1.20 bits per heavy atom. The molecule has 0 rings (SSSR count). The standard InChI is InChI=1S/C10H21FO3S/c1-3-4-5-6-7-10(11)8-9-14-15(2,12)13/h10H,3-9H2,1-2H3. The third-order valence-corrected chi connectivity index (χ3v) is 2.69. The predicted molar refractivity (Wildman–Crippen MR) is 59.1 cm³/mol. The molecule has 0 aromatic heterocycles. The molecule has 15 heavy (non-hydrogen) atoms. The highest BCUT2D eigenvalue weighted by Gasteiger charge is 2.08. The highest BCUT2D eigenvalue weighted by molar-refractivity contribution is 7.85. The molecule has 0 aromatic rings. The summed E-state index contributed by atoms with van der Waals surface area (Å²) in [5.74, 6) is 0. The maximum absolute atomic E-state index is 13.1. The van der Waals surface area contributed by atoms with Crippen molar-refractivity contribution in [1.82, 2.24) is 0 Å². The number of rotatable bonds is 9. The highest BCUT2D eigenvalue weighted by Crippen LogP contribution is 2.11. The number of alkyl halides is 1. The Bertz CT molecular complexity index is 239. The zero-order valence-corrected chi connectivity index (χ0v) is 10.4. The van der Waals surface area contributed by atoms with Crippen LogP contribution in [0.15, 0.2) is 0 Å². The van der Waals surface area contributed by atoms with Crippen LogP contribution in [0, 0.1) is 0 Å². The minimum Gasteiger partial charge on any atom is -0.270 e. The van der Waals surface area contributed by atoms with Gasteiger partial charge in [0, 0.05) is 6.42 Å². The molecule has 3 nitrogen and oxygen atoms in total. The summed E-state index contributed by atoms with van der Waals surface area (Å²) >= 11 is 0. The Labute approximate surface area is 92.1 Å². The lowest BCUT2D eigenvalue weighted by Gasteiger charge is -2.07. The molecular formula is C10H21FO3S. The lowest BCUT2D eigenvalue weighted by atomic mass is 10.1. The van der Waals surface area contributed by atoms with E-state index < -0.39 is 16.3 Å². The van der Waals surface area contributed by atoms with Crippen LogP contribution < -0.4 is 0 Å². The highest BCUT2D eigenvalue weighted by atomic mass is 32.2. The van der Waals surface area contributed by atoms with Crippen molar-refractivity contribution < 1.29 is 17.0 Å². The van der Waals surface area contributed by atoms with Gasteiger partial charge < -0.3 is 0 Å². The fourth-order valence-corrected chi connectivity index (χ4v) is 1.66. The molecule has 0 aliphatic carbocycles. The molecule has 92 valence electrons. The molecule has 0 aliphatic rings. The molecule has 1 atom stereocenters. The Hall–Kier alpha value is -0.160. The molecule has 5 heteroatoms. The quantitative estimate of drug-likeness (QED) is 0.459. The van der Waals surface area contributed by atoms with Gasteiger partial charge in [-0.1, -0.05) is 32.6 Å². The van der Waals surface area contributed by atoms with E-state index in [-0.39, 0.29) is 13.0 Å². The summed E-state index contributed by atoms with van der Waals surface area (Å²) in [6.07, 6.45) is 4.88. The van der Waals surface area contributed by atoms with Crippen LogP contribution in [0.5, 0.6) is 0 Å². The van der Waals surface area contributed by atoms with Gasteiger partial charge in [0.2, 0.25) is 0 Å². The minimum atomic E-state index is -3.42. The third kappa shape index (κ3) is 11.8. The summed E-state index contributed by atoms with van der Waals surface area (Å²) in [7, 11) is -3.42. The molecule has 0 radical (unpaired) electrons. The van der Waals surface area contributed by atoms with Crippen LogP contribution >= 0.6 is 0 Å². The van der Waals surface area contributed by atoms with E-state index in [2.05, 4.69) is 11.1 Å². The zero-order chi connectivity index (χ0) is 11.7. The molecule has 0 spiro atoms. The van der Waals surface area contributed by atoms with Crippen LogP contribution in [0.4, 0.5) is 4.39 Å². The van der Waals surface area contributed by atoms with E-state index in [1.165, 1.54) is 0 Å². The molecule has 0 aliphatic heterocycles. The van der Waals surface area contributed by atoms with E-state index in [0.29, 0.717) is 6.42 Å². The van der Waals surface area contributed by atoms with Crippen molar-refractivity contribution in [3.8, 4) is 0 Å². The van der Waals surface area contributed by atoms with Crippen molar-refractivity contribution >= 4 is 10.1 Å². The second-order valence-electron chi connectivity index (χ2n) is 3.76. The number of hydrogen-bond acceptors (Lipinski definition) is 3. The van der Waals surface area contributed by atoms with Gasteiger partial charge in [-0.3, -0.25) is 4.18 Å². The molecule has 0 N–H and O–H groups in total. The van der Waals surface area contributed by atoms with Gasteiger partial charge in [0.05, 0.1) is 12.9 Å². The van der Waals surface area contributed by atoms with Gasteiger partial charge in [-0.2, -0.15) is 8.42 Å². The second kappa shape index (κ2) is 8.05. The van der Waals surface area contributed by atoms with Crippen LogP contribution in [0.2, 0.25) is 0 Å². The van der Waals surface area contributed by atoms with E-state index in [0.717, 1.165) is 31.9 Å². The van der Waals surface area contributed by atoms with Crippen molar-refractivity contribution in [3.63, 3.8) is 0 Å². The number of hydrogen-bond donors (Lipinski definition) is 0. The van der Waals surface area contributed by atoms with Crippen molar-refractivity contribution in [3.05, 3.63) is 0 Å². The average molecular weight is 240 g/mol. The second-order valence-corrected chi connectivity index (χ2v) is 5.41. The first-order valence-corrected chi connectivity index (χ1v) is 7.26. The van der Waals surface area contributed by atoms with Gasteiger partial charge >= 0.3 is 0 Å². The summed E-state index contributed by atoms with van der Waals surface area (Å²) in [6.45, 7) is 2.06. The fraction of sp³-hybridized carbons (Fsp3) is 1.00. The summed E-state index contributed by atoms with van der Waals surface area (Å²) < 4.78 is 38.7. The van der Waals surface area contributed by atoms with Gasteiger partial charge in [0.25, 0.3) is 10.1 Å². The molecule has 0 amide bonds. The molecule has 1 unspecified atom stereocenters. The SMILES string of the molecule is CCCCCCC(F)CCOS(C)(=O)=O. The summed E-state index contributed by atoms with van der Waals surface area (Å²) in [4.78, 5) is 0. The first-order valence-electron chi connectivity index (χ1n) is 5.44. The molecule has 0 heterocycles. The van der Waals surface area contributed by atoms with E-state index in [1.807, 2.05) is 0 Å². The van der Waals surface area contributed by atoms with E-state index >= 15 is 0 Å². The van der Waals surface area contributed by atoms with Gasteiger partial charge in [0.15, 0.2) is 0 Å². The van der Waals surface area contributed by atoms with Gasteiger partial charge in [-0.05, 0) is 6.42 Å². The smallest absolute Gasteiger partial charge is 0.264 e. The fourth-order valence-electron chi connectivity index (χ4n) is 1.26. The van der Waals surface area contributed by atoms with Gasteiger partial charge in [-0.15, -0.1) is 0 Å². The average Bonchev–Trinajstić information content (AvgIpc) is 2.10. The maximum atomic E-state index is 13.1. The number of halogens is 1. The zero-order valence-electron chi connectivity index (χ0n) is 9.54. The first kappa shape index (κ1) is 14.8. The lowest BCUT2D eigenvalue weighted by Crippen LogP contribution is -2.09. The Balaban J connectivity index is 3.37. The third-order valence-electron chi connectivity index (χ3n) is 2.10. The normalized spacial score (nSPS) is 14.1. The van der Waals surface area contributed by atoms with Crippen molar-refractivity contribution in [2.45, 2.75) is 51.6 Å². The Morgan fingerprint density at radius 3 is 2.40 bits per heavy atom. The maximum Gasteiger partial charge on any atom is 0.264 e. The van der Waals surface area contributed by atoms with Crippen LogP contribution in [0.25, 0.3) is 0 Å². The molecule has 0 fully saturated rings. The lowest BCUT2D eigenvalue weighted by molar-refractivity contribution is 0.227. The van der Waals surface area contributed by atoms with E-state index in [1.54, 1.807) is 0 Å². The molecule has 0 saturated heterocycles. The van der Waals surface area contributed by atoms with Crippen LogP contribution in [0.3, 0.4) is 0 Å². The van der Waals surface area contributed by atoms with Crippen molar-refractivity contribution in [2.24, 2.45) is 0 Å². The summed E-state index contributed by atoms with van der Waals surface area (Å²) in [6, 6.07) is 0. The summed E-state index contributed by atoms with van der Waals surface area (Å²) in [5, 5.41) is 0. The van der Waals surface area contributed by atoms with Crippen LogP contribution in [-0.4, -0.2) is 27.5 Å². The van der Waals surface area contributed by atoms with Crippen molar-refractivity contribution in [2.75, 3.05) is 12.9 Å². The first-order chi connectivity index (χ1) is 6.95. The number of unbranched alkanes of at least 4 members (excludes halogenated alkanes) is 3. The van der Waals surface area contributed by atoms with Crippen molar-refractivity contribution in [1.29, 1.82) is 0 Å². The molecular weight excluding hydrogens is 219 g/mol. The molecule has 0 saturated carbocycles. The van der Waals surface area contributed by atoms with E-state index in [9.17, 15) is 12.8 Å².